The van der Waals surface area contributed by atoms with Crippen LogP contribution in [0.3, 0.4) is 0 Å². The zero-order valence-corrected chi connectivity index (χ0v) is 20.1. The number of nitrogens with zero attached hydrogens (tertiary/aromatic N) is 1. The summed E-state index contributed by atoms with van der Waals surface area (Å²) in [4.78, 5) is 14.5. The van der Waals surface area contributed by atoms with Gasteiger partial charge in [-0.25, -0.2) is 0 Å². The Morgan fingerprint density at radius 2 is 1.84 bits per heavy atom. The van der Waals surface area contributed by atoms with E-state index in [-0.39, 0.29) is 17.2 Å². The first-order chi connectivity index (χ1) is 14.7. The highest BCUT2D eigenvalue weighted by Crippen LogP contribution is 2.41. The summed E-state index contributed by atoms with van der Waals surface area (Å²) >= 11 is 6.23. The lowest BCUT2D eigenvalue weighted by atomic mass is 9.83. The number of hydrogen-bond acceptors (Lipinski definition) is 3. The van der Waals surface area contributed by atoms with Gasteiger partial charge in [0, 0.05) is 64.0 Å². The van der Waals surface area contributed by atoms with Crippen LogP contribution in [0.25, 0.3) is 0 Å². The number of nitrogens with one attached hydrogen (secondary N) is 1. The number of benzene rings is 2. The number of rotatable bonds is 5. The quantitative estimate of drug-likeness (QED) is 0.701. The van der Waals surface area contributed by atoms with Crippen LogP contribution in [0.5, 0.6) is 0 Å². The normalized spacial score (nSPS) is 24.5. The van der Waals surface area contributed by atoms with E-state index in [0.717, 1.165) is 35.5 Å². The molecule has 2 aliphatic rings. The van der Waals surface area contributed by atoms with Crippen molar-refractivity contribution in [3.8, 4) is 0 Å². The molecule has 6 heteroatoms. The monoisotopic (exact) mass is 458 g/mol. The Balaban J connectivity index is 1.36. The van der Waals surface area contributed by atoms with Crippen LogP contribution in [0, 0.1) is 5.92 Å². The summed E-state index contributed by atoms with van der Waals surface area (Å²) < 4.78 is 11.5. The molecule has 1 saturated heterocycles. The van der Waals surface area contributed by atoms with Gasteiger partial charge in [-0.05, 0) is 60.2 Å². The van der Waals surface area contributed by atoms with Crippen molar-refractivity contribution in [3.05, 3.63) is 64.2 Å². The van der Waals surface area contributed by atoms with Gasteiger partial charge in [0.2, 0.25) is 5.91 Å². The van der Waals surface area contributed by atoms with Crippen LogP contribution in [-0.4, -0.2) is 39.6 Å². The van der Waals surface area contributed by atoms with Crippen LogP contribution in [-0.2, 0) is 34.0 Å². The molecule has 1 N–H and O–H groups in total. The van der Waals surface area contributed by atoms with E-state index in [1.807, 2.05) is 18.0 Å². The van der Waals surface area contributed by atoms with Gasteiger partial charge in [-0.1, -0.05) is 43.6 Å². The van der Waals surface area contributed by atoms with Gasteiger partial charge in [-0.2, -0.15) is 0 Å². The molecule has 1 atom stereocenters. The third kappa shape index (κ3) is 4.83. The van der Waals surface area contributed by atoms with Crippen molar-refractivity contribution in [2.24, 2.45) is 5.92 Å². The fraction of sp³-hybridized carbons (Fsp3) is 0.480. The number of carbonyl (C=O) groups is 1. The molecule has 1 unspecified atom stereocenters. The SMILES string of the molecule is CN(Cc1ccc(NC2Cc3ccc(Cl)cc3C2(C)C)cc1)C(=O)C1CCS(=O)CC1. The van der Waals surface area contributed by atoms with Gasteiger partial charge in [0.15, 0.2) is 0 Å². The van der Waals surface area contributed by atoms with Gasteiger partial charge in [0.25, 0.3) is 0 Å². The van der Waals surface area contributed by atoms with E-state index in [2.05, 4.69) is 55.6 Å². The summed E-state index contributed by atoms with van der Waals surface area (Å²) in [6, 6.07) is 14.9. The lowest BCUT2D eigenvalue weighted by molar-refractivity contribution is -0.135. The average Bonchev–Trinajstić information content (AvgIpc) is 2.99. The van der Waals surface area contributed by atoms with Crippen LogP contribution in [0.4, 0.5) is 5.69 Å². The van der Waals surface area contributed by atoms with E-state index in [9.17, 15) is 9.00 Å². The van der Waals surface area contributed by atoms with Crippen LogP contribution in [0.15, 0.2) is 42.5 Å². The molecule has 31 heavy (non-hydrogen) atoms. The minimum Gasteiger partial charge on any atom is -0.381 e. The first-order valence-electron chi connectivity index (χ1n) is 11.0. The molecule has 1 heterocycles. The molecule has 0 spiro atoms. The van der Waals surface area contributed by atoms with Gasteiger partial charge in [0.1, 0.15) is 0 Å². The third-order valence-corrected chi connectivity index (χ3v) is 8.51. The molecule has 0 bridgehead atoms. The zero-order chi connectivity index (χ0) is 22.2. The summed E-state index contributed by atoms with van der Waals surface area (Å²) in [5, 5.41) is 4.49. The second kappa shape index (κ2) is 8.95. The van der Waals surface area contributed by atoms with Gasteiger partial charge >= 0.3 is 0 Å². The molecule has 1 aliphatic heterocycles. The standard InChI is InChI=1S/C25H31ClN2O2S/c1-25(2)22-15-20(26)7-6-19(22)14-23(25)27-21-8-4-17(5-9-21)16-28(3)24(29)18-10-12-31(30)13-11-18/h4-9,15,18,23,27H,10-14,16H2,1-3H3. The molecule has 166 valence electrons. The highest BCUT2D eigenvalue weighted by atomic mass is 35.5. The Morgan fingerprint density at radius 3 is 2.52 bits per heavy atom. The highest BCUT2D eigenvalue weighted by molar-refractivity contribution is 7.85. The summed E-state index contributed by atoms with van der Waals surface area (Å²) in [5.74, 6) is 1.49. The van der Waals surface area contributed by atoms with E-state index in [0.29, 0.717) is 24.1 Å². The molecule has 4 rings (SSSR count). The Labute approximate surface area is 192 Å². The smallest absolute Gasteiger partial charge is 0.225 e. The largest absolute Gasteiger partial charge is 0.381 e. The molecule has 2 aromatic carbocycles. The fourth-order valence-electron chi connectivity index (χ4n) is 4.83. The van der Waals surface area contributed by atoms with Crippen molar-refractivity contribution in [2.75, 3.05) is 23.9 Å². The second-order valence-electron chi connectivity index (χ2n) is 9.44. The lowest BCUT2D eigenvalue weighted by Crippen LogP contribution is -2.36. The number of halogens is 1. The van der Waals surface area contributed by atoms with Gasteiger partial charge in [-0.3, -0.25) is 9.00 Å². The van der Waals surface area contributed by atoms with Crippen molar-refractivity contribution in [3.63, 3.8) is 0 Å². The van der Waals surface area contributed by atoms with E-state index >= 15 is 0 Å². The maximum atomic E-state index is 12.7. The van der Waals surface area contributed by atoms with Crippen LogP contribution in [0.2, 0.25) is 5.02 Å². The van der Waals surface area contributed by atoms with Gasteiger partial charge in [-0.15, -0.1) is 0 Å². The number of anilines is 1. The van der Waals surface area contributed by atoms with E-state index < -0.39 is 10.8 Å². The van der Waals surface area contributed by atoms with Crippen molar-refractivity contribution >= 4 is 34.0 Å². The van der Waals surface area contributed by atoms with Gasteiger partial charge in [0.05, 0.1) is 0 Å². The fourth-order valence-corrected chi connectivity index (χ4v) is 6.30. The second-order valence-corrected chi connectivity index (χ2v) is 11.6. The first kappa shape index (κ1) is 22.3. The number of hydrogen-bond donors (Lipinski definition) is 1. The van der Waals surface area contributed by atoms with Gasteiger partial charge < -0.3 is 10.2 Å². The Hall–Kier alpha value is -1.85. The zero-order valence-electron chi connectivity index (χ0n) is 18.5. The third-order valence-electron chi connectivity index (χ3n) is 6.89. The molecule has 0 aromatic heterocycles. The molecular weight excluding hydrogens is 428 g/mol. The predicted octanol–water partition coefficient (Wildman–Crippen LogP) is 4.77. The molecule has 2 aromatic rings. The van der Waals surface area contributed by atoms with Crippen molar-refractivity contribution < 1.29 is 9.00 Å². The van der Waals surface area contributed by atoms with Crippen molar-refractivity contribution in [1.82, 2.24) is 4.90 Å². The lowest BCUT2D eigenvalue weighted by Gasteiger charge is -2.30. The topological polar surface area (TPSA) is 49.4 Å². The molecule has 4 nitrogen and oxygen atoms in total. The first-order valence-corrected chi connectivity index (χ1v) is 12.8. The predicted molar refractivity (Wildman–Crippen MR) is 129 cm³/mol. The summed E-state index contributed by atoms with van der Waals surface area (Å²) in [6.45, 7) is 5.13. The molecule has 1 aliphatic carbocycles. The Bertz CT molecular complexity index is 980. The average molecular weight is 459 g/mol. The maximum absolute atomic E-state index is 12.7. The minimum atomic E-state index is -0.738. The Morgan fingerprint density at radius 1 is 1.16 bits per heavy atom. The Kier molecular flexibility index (Phi) is 6.45. The summed E-state index contributed by atoms with van der Waals surface area (Å²) in [5.41, 5.74) is 4.87. The molecule has 0 saturated carbocycles. The number of carbonyl (C=O) groups excluding carboxylic acids is 1. The summed E-state index contributed by atoms with van der Waals surface area (Å²) in [6.07, 6.45) is 2.46. The van der Waals surface area contributed by atoms with E-state index in [4.69, 9.17) is 11.6 Å². The molecule has 1 amide bonds. The minimum absolute atomic E-state index is 0.00476. The number of amides is 1. The van der Waals surface area contributed by atoms with Crippen molar-refractivity contribution in [2.45, 2.75) is 51.1 Å². The molecule has 0 radical (unpaired) electrons. The van der Waals surface area contributed by atoms with E-state index in [1.165, 1.54) is 11.1 Å². The molecule has 1 fully saturated rings. The van der Waals surface area contributed by atoms with Crippen LogP contribution in [0.1, 0.15) is 43.4 Å². The number of fused-ring (bicyclic) bond motifs is 1. The van der Waals surface area contributed by atoms with Crippen LogP contribution >= 0.6 is 11.6 Å². The van der Waals surface area contributed by atoms with Crippen molar-refractivity contribution in [1.29, 1.82) is 0 Å². The highest BCUT2D eigenvalue weighted by Gasteiger charge is 2.39. The maximum Gasteiger partial charge on any atom is 0.225 e. The summed E-state index contributed by atoms with van der Waals surface area (Å²) in [7, 11) is 1.13. The molecular formula is C25H31ClN2O2S. The van der Waals surface area contributed by atoms with E-state index in [1.54, 1.807) is 0 Å². The van der Waals surface area contributed by atoms with Crippen LogP contribution < -0.4 is 5.32 Å².